The van der Waals surface area contributed by atoms with E-state index >= 15 is 0 Å². The summed E-state index contributed by atoms with van der Waals surface area (Å²) in [4.78, 5) is 31.1. The number of hydrogen-bond donors (Lipinski definition) is 6. The predicted octanol–water partition coefficient (Wildman–Crippen LogP) is 10.8. The zero-order valence-electron chi connectivity index (χ0n) is 39.1. The number of aliphatic hydroxyl groups excluding tert-OH is 1. The third kappa shape index (κ3) is 12.7. The number of Topliss-reactive ketones (excluding diaryl/α,β-unsaturated/α-hetero) is 1. The van der Waals surface area contributed by atoms with E-state index in [9.17, 15) is 24.9 Å². The second kappa shape index (κ2) is 22.9. The van der Waals surface area contributed by atoms with Crippen LogP contribution in [0.1, 0.15) is 137 Å². The fraction of sp³-hybridized carbons (Fsp3) is 0.404. The number of ketones is 2. The van der Waals surface area contributed by atoms with E-state index in [-0.39, 0.29) is 47.6 Å². The van der Waals surface area contributed by atoms with Crippen molar-refractivity contribution >= 4 is 33.2 Å². The average Bonchev–Trinajstić information content (AvgIpc) is 3.98. The standard InChI is InChI=1S/C57H65N3O6S2/c1-37(61)28-40(11-10-38-6-3-2-4-7-38)18-23-57-24-19-42(34-57)35-67-68-36-44-32-47-43(31-48(44)56(58)59)8-5-9-51-46(21-26-60-51)54(65)33-49(47)50-29-41(13-16-52(50)63)22-27-66-55-30-39(14-17-53(55)64)12-15-45(62)20-25-57/h2-4,6-7,13-14,16-17,20-21,25-26,29-32,37,40,42,49,56,60-61,63-64H,9-12,15,18-19,22-24,27-28,33-36,58-59H2,1H3/b25-20+/t37-,40+,42+,49-,57+/m0/s1. The number of carbonyl (C=O) groups is 2. The lowest BCUT2D eigenvalue weighted by atomic mass is 9.76. The van der Waals surface area contributed by atoms with Gasteiger partial charge in [0.15, 0.2) is 23.1 Å². The molecule has 9 nitrogen and oxygen atoms in total. The number of aryl methyl sites for hydroxylation is 2. The van der Waals surface area contributed by atoms with Gasteiger partial charge in [0.2, 0.25) is 0 Å². The van der Waals surface area contributed by atoms with E-state index in [0.717, 1.165) is 96.2 Å². The van der Waals surface area contributed by atoms with Crippen LogP contribution in [0.25, 0.3) is 0 Å². The van der Waals surface area contributed by atoms with E-state index in [1.54, 1.807) is 29.1 Å². The van der Waals surface area contributed by atoms with Crippen LogP contribution in [0.2, 0.25) is 0 Å². The number of benzene rings is 4. The third-order valence-electron chi connectivity index (χ3n) is 14.2. The third-order valence-corrected chi connectivity index (χ3v) is 16.7. The summed E-state index contributed by atoms with van der Waals surface area (Å²) < 4.78 is 6.18. The van der Waals surface area contributed by atoms with Gasteiger partial charge in [0.25, 0.3) is 0 Å². The Kier molecular flexibility index (Phi) is 16.6. The number of phenolic OH excluding ortho intramolecular Hbond substituents is 2. The largest absolute Gasteiger partial charge is 0.508 e. The summed E-state index contributed by atoms with van der Waals surface area (Å²) in [7, 11) is 3.62. The molecule has 0 amide bonds. The highest BCUT2D eigenvalue weighted by atomic mass is 33.1. The lowest BCUT2D eigenvalue weighted by Gasteiger charge is -2.29. The van der Waals surface area contributed by atoms with Gasteiger partial charge in [-0.3, -0.25) is 9.59 Å². The van der Waals surface area contributed by atoms with Crippen molar-refractivity contribution < 1.29 is 29.6 Å². The predicted molar refractivity (Wildman–Crippen MR) is 275 cm³/mol. The van der Waals surface area contributed by atoms with Gasteiger partial charge in [0, 0.05) is 65.3 Å². The highest BCUT2D eigenvalue weighted by molar-refractivity contribution is 8.76. The number of aromatic hydroxyl groups is 2. The van der Waals surface area contributed by atoms with Gasteiger partial charge in [-0.2, -0.15) is 0 Å². The number of nitrogens with two attached hydrogens (primary N) is 2. The lowest BCUT2D eigenvalue weighted by molar-refractivity contribution is -0.114. The fourth-order valence-corrected chi connectivity index (χ4v) is 13.0. The molecule has 0 unspecified atom stereocenters. The molecule has 0 radical (unpaired) electrons. The number of phenols is 2. The number of rotatable bonds is 9. The van der Waals surface area contributed by atoms with Crippen LogP contribution >= 0.6 is 21.6 Å². The Morgan fingerprint density at radius 2 is 1.72 bits per heavy atom. The number of nitrogens with one attached hydrogen (secondary N) is 1. The van der Waals surface area contributed by atoms with E-state index in [1.807, 2.05) is 66.3 Å². The number of aliphatic hydroxyl groups is 1. The number of aromatic nitrogens is 1. The van der Waals surface area contributed by atoms with Gasteiger partial charge in [-0.05, 0) is 152 Å². The van der Waals surface area contributed by atoms with Gasteiger partial charge in [-0.25, -0.2) is 0 Å². The Morgan fingerprint density at radius 1 is 0.912 bits per heavy atom. The van der Waals surface area contributed by atoms with Gasteiger partial charge < -0.3 is 36.5 Å². The highest BCUT2D eigenvalue weighted by Crippen LogP contribution is 2.50. The van der Waals surface area contributed by atoms with Crippen molar-refractivity contribution in [2.24, 2.45) is 28.7 Å². The van der Waals surface area contributed by atoms with Crippen molar-refractivity contribution in [1.82, 2.24) is 4.98 Å². The quantitative estimate of drug-likeness (QED) is 0.0475. The van der Waals surface area contributed by atoms with Crippen LogP contribution in [-0.2, 0) is 36.2 Å². The maximum atomic E-state index is 14.2. The van der Waals surface area contributed by atoms with Crippen LogP contribution in [-0.4, -0.2) is 50.3 Å². The van der Waals surface area contributed by atoms with E-state index in [2.05, 4.69) is 53.2 Å². The summed E-state index contributed by atoms with van der Waals surface area (Å²) in [5.41, 5.74) is 21.3. The van der Waals surface area contributed by atoms with E-state index < -0.39 is 12.1 Å². The molecule has 0 spiro atoms. The van der Waals surface area contributed by atoms with Gasteiger partial charge >= 0.3 is 0 Å². The molecule has 1 aliphatic heterocycles. The molecule has 0 saturated heterocycles. The average molecular weight is 952 g/mol. The molecule has 1 fully saturated rings. The summed E-state index contributed by atoms with van der Waals surface area (Å²) in [6, 6.07) is 27.2. The number of carbonyl (C=O) groups excluding carboxylic acids is 2. The molecule has 4 aromatic carbocycles. The first kappa shape index (κ1) is 49.2. The molecule has 356 valence electrons. The molecule has 1 saturated carbocycles. The first-order chi connectivity index (χ1) is 32.9. The van der Waals surface area contributed by atoms with Crippen molar-refractivity contribution in [3.8, 4) is 29.1 Å². The Balaban J connectivity index is 1.11. The Bertz CT molecular complexity index is 2650. The Morgan fingerprint density at radius 3 is 2.53 bits per heavy atom. The van der Waals surface area contributed by atoms with Crippen molar-refractivity contribution in [3.05, 3.63) is 159 Å². The van der Waals surface area contributed by atoms with Crippen LogP contribution in [0.3, 0.4) is 0 Å². The number of fused-ring (bicyclic) bond motifs is 9. The molecule has 8 bridgehead atoms. The summed E-state index contributed by atoms with van der Waals surface area (Å²) in [6.45, 7) is 2.13. The van der Waals surface area contributed by atoms with Crippen LogP contribution < -0.4 is 16.2 Å². The number of allylic oxidation sites excluding steroid dienone is 2. The lowest BCUT2D eigenvalue weighted by Crippen LogP contribution is -2.22. The van der Waals surface area contributed by atoms with Crippen molar-refractivity contribution in [1.29, 1.82) is 0 Å². The molecule has 3 aliphatic rings. The monoisotopic (exact) mass is 951 g/mol. The molecule has 8 rings (SSSR count). The molecule has 5 aromatic rings. The minimum atomic E-state index is -0.753. The Hall–Kier alpha value is -5.22. The number of ether oxygens (including phenoxy) is 1. The molecule has 68 heavy (non-hydrogen) atoms. The number of H-pyrrole nitrogens is 1. The van der Waals surface area contributed by atoms with Crippen LogP contribution in [0.15, 0.2) is 103 Å². The van der Waals surface area contributed by atoms with E-state index in [1.165, 1.54) is 5.56 Å². The maximum absolute atomic E-state index is 14.2. The zero-order valence-corrected chi connectivity index (χ0v) is 40.7. The summed E-state index contributed by atoms with van der Waals surface area (Å²) in [5, 5.41) is 33.0. The molecule has 5 atom stereocenters. The van der Waals surface area contributed by atoms with Crippen molar-refractivity contribution in [3.63, 3.8) is 0 Å². The molecular weight excluding hydrogens is 887 g/mol. The van der Waals surface area contributed by atoms with Gasteiger partial charge in [-0.1, -0.05) is 94.1 Å². The maximum Gasteiger partial charge on any atom is 0.165 e. The fourth-order valence-electron chi connectivity index (χ4n) is 10.5. The summed E-state index contributed by atoms with van der Waals surface area (Å²) >= 11 is 0. The SMILES string of the molecule is C[C@H](O)C[C@H](CCc1ccccc1)CC[C@]12/C=C/C(=O)CCc3ccc(O)c(c3)OCCc3ccc(O)c(c3)[C@H]3CC(=O)c4cc[nH]c4CC#Cc4cc(C(N)N)c(cc43)CSSC[C@H](CC1)C2. The second-order valence-electron chi connectivity index (χ2n) is 19.3. The molecule has 1 aromatic heterocycles. The smallest absolute Gasteiger partial charge is 0.165 e. The van der Waals surface area contributed by atoms with Crippen molar-refractivity contribution in [2.75, 3.05) is 12.4 Å². The van der Waals surface area contributed by atoms with Crippen LogP contribution in [0, 0.1) is 29.1 Å². The van der Waals surface area contributed by atoms with Crippen LogP contribution in [0.5, 0.6) is 17.2 Å². The normalized spacial score (nSPS) is 21.5. The van der Waals surface area contributed by atoms with Gasteiger partial charge in [0.05, 0.1) is 25.3 Å². The molecule has 8 N–H and O–H groups in total. The minimum Gasteiger partial charge on any atom is -0.508 e. The zero-order chi connectivity index (χ0) is 47.6. The first-order valence-electron chi connectivity index (χ1n) is 24.2. The topological polar surface area (TPSA) is 172 Å². The van der Waals surface area contributed by atoms with Gasteiger partial charge in [-0.15, -0.1) is 0 Å². The highest BCUT2D eigenvalue weighted by Gasteiger charge is 2.38. The van der Waals surface area contributed by atoms with E-state index in [0.29, 0.717) is 60.1 Å². The second-order valence-corrected chi connectivity index (χ2v) is 21.8. The molecule has 11 heteroatoms. The Labute approximate surface area is 409 Å². The molecule has 2 heterocycles. The molecule has 2 aliphatic carbocycles. The summed E-state index contributed by atoms with van der Waals surface area (Å²) in [6.07, 6.45) is 14.2. The van der Waals surface area contributed by atoms with Crippen molar-refractivity contribution in [2.45, 2.75) is 114 Å². The summed E-state index contributed by atoms with van der Waals surface area (Å²) in [5.74, 6) is 9.02. The van der Waals surface area contributed by atoms with Crippen LogP contribution in [0.4, 0.5) is 0 Å². The first-order valence-corrected chi connectivity index (χ1v) is 26.7. The minimum absolute atomic E-state index is 0.0182. The molecular formula is C57H65N3O6S2. The number of aromatic amines is 1. The van der Waals surface area contributed by atoms with Gasteiger partial charge in [0.1, 0.15) is 5.75 Å². The van der Waals surface area contributed by atoms with E-state index in [4.69, 9.17) is 16.2 Å². The number of hydrogen-bond acceptors (Lipinski definition) is 10.